The second-order valence-electron chi connectivity index (χ2n) is 17.8. The van der Waals surface area contributed by atoms with Crippen LogP contribution in [0, 0.1) is 5.92 Å². The molecule has 1 aliphatic heterocycles. The number of halogens is 2. The molecule has 0 saturated carbocycles. The van der Waals surface area contributed by atoms with Gasteiger partial charge in [0.05, 0.1) is 54.8 Å². The van der Waals surface area contributed by atoms with Crippen molar-refractivity contribution in [2.45, 2.75) is 123 Å². The van der Waals surface area contributed by atoms with Gasteiger partial charge in [0.2, 0.25) is 0 Å². The number of benzene rings is 2. The molecule has 0 spiro atoms. The van der Waals surface area contributed by atoms with Gasteiger partial charge in [-0.2, -0.15) is 0 Å². The minimum Gasteiger partial charge on any atom is -0.470 e. The number of aromatic nitrogens is 5. The molecule has 0 radical (unpaired) electrons. The number of imidazole rings is 2. The van der Waals surface area contributed by atoms with Crippen LogP contribution in [-0.4, -0.2) is 86.7 Å². The first-order valence-electron chi connectivity index (χ1n) is 22.9. The molecule has 4 atom stereocenters. The van der Waals surface area contributed by atoms with Crippen molar-refractivity contribution in [3.63, 3.8) is 0 Å². The Kier molecular flexibility index (Phi) is 14.8. The number of carbonyl (C=O) groups is 3. The molecule has 0 saturated heterocycles. The van der Waals surface area contributed by atoms with E-state index in [1.807, 2.05) is 45.2 Å². The molecule has 3 aromatic heterocycles. The summed E-state index contributed by atoms with van der Waals surface area (Å²) in [5, 5.41) is 3.52. The zero-order valence-corrected chi connectivity index (χ0v) is 39.1. The van der Waals surface area contributed by atoms with E-state index >= 15 is 8.78 Å². The summed E-state index contributed by atoms with van der Waals surface area (Å²) in [7, 11) is 2.80. The number of aliphatic imine (C=N–C) groups is 1. The number of hydrogen-bond acceptors (Lipinski definition) is 9. The van der Waals surface area contributed by atoms with Crippen molar-refractivity contribution in [1.82, 2.24) is 29.8 Å². The molecule has 7 rings (SSSR count). The van der Waals surface area contributed by atoms with Crippen molar-refractivity contribution in [2.75, 3.05) is 20.8 Å². The zero-order valence-electron chi connectivity index (χ0n) is 39.1. The number of ether oxygens (including phenoxy) is 3. The number of alkyl halides is 2. The lowest BCUT2D eigenvalue weighted by Crippen LogP contribution is -2.46. The Labute approximate surface area is 384 Å². The van der Waals surface area contributed by atoms with Crippen LogP contribution in [0.3, 0.4) is 0 Å². The van der Waals surface area contributed by atoms with Crippen molar-refractivity contribution in [3.8, 4) is 39.5 Å². The fraction of sp³-hybridized carbons (Fsp3) is 0.451. The Morgan fingerprint density at radius 3 is 2.50 bits per heavy atom. The number of hydrogen-bond donors (Lipinski definition) is 3. The summed E-state index contributed by atoms with van der Waals surface area (Å²) in [6, 6.07) is 12.8. The Hall–Kier alpha value is -6.22. The molecular formula is C51H61F2N7O6. The third kappa shape index (κ3) is 10.7. The second kappa shape index (κ2) is 20.5. The van der Waals surface area contributed by atoms with Gasteiger partial charge in [-0.3, -0.25) is 14.6 Å². The number of aromatic amines is 2. The number of unbranched alkanes of at least 4 members (excludes halogenated alkanes) is 2. The lowest BCUT2D eigenvalue weighted by Gasteiger charge is -2.29. The number of H-pyrrole nitrogens is 2. The molecule has 350 valence electrons. The molecular weight excluding hydrogens is 845 g/mol. The molecule has 5 aromatic rings. The predicted octanol–water partition coefficient (Wildman–Crippen LogP) is 10.9. The van der Waals surface area contributed by atoms with E-state index in [0.29, 0.717) is 36.7 Å². The fourth-order valence-electron chi connectivity index (χ4n) is 9.00. The predicted molar refractivity (Wildman–Crippen MR) is 252 cm³/mol. The Balaban J connectivity index is 1.10. The van der Waals surface area contributed by atoms with E-state index in [0.717, 1.165) is 81.8 Å². The number of carbonyl (C=O) groups excluding carboxylic acids is 3. The highest BCUT2D eigenvalue weighted by Crippen LogP contribution is 2.45. The lowest BCUT2D eigenvalue weighted by atomic mass is 9.82. The third-order valence-corrected chi connectivity index (χ3v) is 12.3. The van der Waals surface area contributed by atoms with E-state index in [4.69, 9.17) is 14.5 Å². The zero-order chi connectivity index (χ0) is 47.3. The molecule has 0 fully saturated rings. The van der Waals surface area contributed by atoms with Crippen LogP contribution in [0.2, 0.25) is 0 Å². The summed E-state index contributed by atoms with van der Waals surface area (Å²) in [5.41, 5.74) is 7.91. The fourth-order valence-corrected chi connectivity index (χ4v) is 9.00. The first-order chi connectivity index (χ1) is 31.6. The number of rotatable bonds is 19. The number of ketones is 2. The molecule has 0 bridgehead atoms. The topological polar surface area (TPSA) is 166 Å². The van der Waals surface area contributed by atoms with Gasteiger partial charge in [0.15, 0.2) is 17.8 Å². The Bertz CT molecular complexity index is 2670. The van der Waals surface area contributed by atoms with Crippen LogP contribution in [0.15, 0.2) is 83.1 Å². The van der Waals surface area contributed by atoms with Crippen molar-refractivity contribution in [1.29, 1.82) is 0 Å². The van der Waals surface area contributed by atoms with Gasteiger partial charge in [0, 0.05) is 65.7 Å². The standard InChI is InChI=1S/C51H61F2N7O6/c1-9-11-12-13-32(18-44(61)39(10-2)56-30(5)28-64-7)19-46-54-26-40(57-46)33-15-17-42-35(20-33)22-43-38-16-14-34(23-45(38)66-31(6)60(42)43)41-27-55-49(58-41)37-21-36(24-51(52,53)25-37)48(62)47(29(3)4)59-50(63)65-8/h14-18,20-23,26-27,29,31,37,39,47H,9-13,19,24-25,28H2,1-8H3,(H,54,57)(H,55,58)(H,59,63)/b32-18-,56-30?. The van der Waals surface area contributed by atoms with E-state index in [1.165, 1.54) is 7.11 Å². The highest BCUT2D eigenvalue weighted by Gasteiger charge is 2.42. The highest BCUT2D eigenvalue weighted by molar-refractivity contribution is 6.01. The van der Waals surface area contributed by atoms with Crippen molar-refractivity contribution in [3.05, 3.63) is 89.8 Å². The van der Waals surface area contributed by atoms with Crippen LogP contribution in [0.4, 0.5) is 13.6 Å². The molecule has 13 nitrogen and oxygen atoms in total. The average Bonchev–Trinajstić information content (AvgIpc) is 4.06. The highest BCUT2D eigenvalue weighted by atomic mass is 19.3. The number of alkyl carbamates (subject to hydrolysis) is 1. The number of amides is 1. The molecule has 66 heavy (non-hydrogen) atoms. The molecule has 2 aromatic carbocycles. The number of nitrogens with one attached hydrogen (secondary N) is 3. The Morgan fingerprint density at radius 1 is 1.03 bits per heavy atom. The van der Waals surface area contributed by atoms with Gasteiger partial charge in [-0.15, -0.1) is 0 Å². The summed E-state index contributed by atoms with van der Waals surface area (Å²) in [5.74, 6) is -3.17. The van der Waals surface area contributed by atoms with Gasteiger partial charge in [-0.05, 0) is 75.4 Å². The lowest BCUT2D eigenvalue weighted by molar-refractivity contribution is -0.120. The molecule has 4 heterocycles. The molecule has 4 unspecified atom stereocenters. The monoisotopic (exact) mass is 905 g/mol. The van der Waals surface area contributed by atoms with E-state index in [-0.39, 0.29) is 23.5 Å². The second-order valence-corrected chi connectivity index (χ2v) is 17.8. The van der Waals surface area contributed by atoms with E-state index in [9.17, 15) is 14.4 Å². The molecule has 2 aliphatic rings. The van der Waals surface area contributed by atoms with Crippen molar-refractivity contribution < 1.29 is 37.4 Å². The Morgan fingerprint density at radius 2 is 1.77 bits per heavy atom. The number of allylic oxidation sites excluding steroid dienone is 2. The number of nitrogens with zero attached hydrogens (tertiary/aromatic N) is 4. The summed E-state index contributed by atoms with van der Waals surface area (Å²) >= 11 is 0. The molecule has 3 N–H and O–H groups in total. The van der Waals surface area contributed by atoms with Gasteiger partial charge in [-0.25, -0.2) is 23.5 Å². The van der Waals surface area contributed by atoms with Crippen LogP contribution in [0.5, 0.6) is 5.75 Å². The number of fused-ring (bicyclic) bond motifs is 5. The van der Waals surface area contributed by atoms with Crippen molar-refractivity contribution in [2.24, 2.45) is 10.9 Å². The van der Waals surface area contributed by atoms with Gasteiger partial charge in [0.25, 0.3) is 5.92 Å². The normalized spacial score (nSPS) is 18.0. The van der Waals surface area contributed by atoms with Crippen LogP contribution in [-0.2, 0) is 25.5 Å². The quantitative estimate of drug-likeness (QED) is 0.0418. The molecule has 15 heteroatoms. The summed E-state index contributed by atoms with van der Waals surface area (Å²) in [6.07, 6.45) is 9.50. The molecule has 1 aliphatic carbocycles. The third-order valence-electron chi connectivity index (χ3n) is 12.3. The summed E-state index contributed by atoms with van der Waals surface area (Å²) in [4.78, 5) is 59.5. The van der Waals surface area contributed by atoms with E-state index in [2.05, 4.69) is 65.8 Å². The van der Waals surface area contributed by atoms with Gasteiger partial charge in [-0.1, -0.05) is 64.3 Å². The summed E-state index contributed by atoms with van der Waals surface area (Å²) in [6.45, 7) is 11.9. The van der Waals surface area contributed by atoms with Crippen LogP contribution < -0.4 is 10.1 Å². The SMILES string of the molecule is CCCCC/C(=C/C(=O)C(CC)N=C(C)COC)Cc1ncc(-c2ccc3c(c2)cc2n3C(C)Oc3cc(-c4cnc(C5C=C(C(=O)C(NC(=O)OC)C(C)C)CC(F)(F)C5)[nH]4)ccc3-2)[nH]1. The van der Waals surface area contributed by atoms with Gasteiger partial charge >= 0.3 is 6.09 Å². The maximum Gasteiger partial charge on any atom is 0.407 e. The maximum absolute atomic E-state index is 15.2. The van der Waals surface area contributed by atoms with Crippen molar-refractivity contribution >= 4 is 34.3 Å². The minimum absolute atomic E-state index is 0.00110. The van der Waals surface area contributed by atoms with Crippen LogP contribution in [0.25, 0.3) is 44.7 Å². The molecule has 1 amide bonds. The number of methoxy groups -OCH3 is 2. The van der Waals surface area contributed by atoms with Crippen LogP contribution >= 0.6 is 0 Å². The first kappa shape index (κ1) is 47.7. The van der Waals surface area contributed by atoms with Gasteiger partial charge in [0.1, 0.15) is 23.4 Å². The largest absolute Gasteiger partial charge is 0.470 e. The average molecular weight is 906 g/mol. The van der Waals surface area contributed by atoms with Crippen LogP contribution in [0.1, 0.15) is 110 Å². The van der Waals surface area contributed by atoms with Gasteiger partial charge < -0.3 is 34.1 Å². The van der Waals surface area contributed by atoms with E-state index in [1.54, 1.807) is 39.3 Å². The number of Topliss-reactive ketones (excluding diaryl/α,β-unsaturated/α-hetero) is 1. The minimum atomic E-state index is -3.16. The maximum atomic E-state index is 15.2. The first-order valence-corrected chi connectivity index (χ1v) is 22.9. The summed E-state index contributed by atoms with van der Waals surface area (Å²) < 4.78 is 49.0. The smallest absolute Gasteiger partial charge is 0.407 e. The van der Waals surface area contributed by atoms with E-state index < -0.39 is 48.6 Å².